The number of ether oxygens (including phenoxy) is 1. The predicted molar refractivity (Wildman–Crippen MR) is 71.8 cm³/mol. The summed E-state index contributed by atoms with van der Waals surface area (Å²) in [5.41, 5.74) is 4.75. The number of primary amides is 1. The standard InChI is InChI=1S/C12H16N2O4S/c1-18-10-4-2-3-9(7-10)14-12(11(13)15)5-6-19(16,17)8-12/h2-4,7,14H,5-6,8H2,1H3,(H2,13,15). The van der Waals surface area contributed by atoms with Gasteiger partial charge in [0.1, 0.15) is 11.3 Å². The van der Waals surface area contributed by atoms with Crippen molar-refractivity contribution in [3.8, 4) is 5.75 Å². The van der Waals surface area contributed by atoms with E-state index >= 15 is 0 Å². The maximum absolute atomic E-state index is 11.6. The normalized spacial score (nSPS) is 24.9. The Morgan fingerprint density at radius 2 is 2.21 bits per heavy atom. The summed E-state index contributed by atoms with van der Waals surface area (Å²) in [5, 5.41) is 2.95. The summed E-state index contributed by atoms with van der Waals surface area (Å²) in [7, 11) is -1.70. The SMILES string of the molecule is COc1cccc(NC2(C(N)=O)CCS(=O)(=O)C2)c1. The average Bonchev–Trinajstić information content (AvgIpc) is 2.66. The number of amides is 1. The number of anilines is 1. The highest BCUT2D eigenvalue weighted by atomic mass is 32.2. The van der Waals surface area contributed by atoms with Gasteiger partial charge in [0.15, 0.2) is 9.84 Å². The van der Waals surface area contributed by atoms with E-state index in [1.807, 2.05) is 0 Å². The number of methoxy groups -OCH3 is 1. The molecule has 0 aromatic heterocycles. The second-order valence-corrected chi connectivity index (χ2v) is 6.83. The minimum atomic E-state index is -3.23. The molecule has 3 N–H and O–H groups in total. The number of benzene rings is 1. The molecule has 0 spiro atoms. The number of hydrogen-bond donors (Lipinski definition) is 2. The van der Waals surface area contributed by atoms with Gasteiger partial charge in [-0.25, -0.2) is 8.42 Å². The Labute approximate surface area is 111 Å². The second kappa shape index (κ2) is 4.73. The smallest absolute Gasteiger partial charge is 0.244 e. The highest BCUT2D eigenvalue weighted by Crippen LogP contribution is 2.29. The molecule has 2 rings (SSSR count). The Morgan fingerprint density at radius 1 is 1.47 bits per heavy atom. The summed E-state index contributed by atoms with van der Waals surface area (Å²) in [6, 6.07) is 6.93. The maximum Gasteiger partial charge on any atom is 0.244 e. The lowest BCUT2D eigenvalue weighted by atomic mass is 9.97. The Balaban J connectivity index is 2.30. The van der Waals surface area contributed by atoms with E-state index < -0.39 is 21.3 Å². The van der Waals surface area contributed by atoms with Gasteiger partial charge in [-0.2, -0.15) is 0 Å². The molecule has 1 saturated heterocycles. The number of nitrogens with two attached hydrogens (primary N) is 1. The van der Waals surface area contributed by atoms with Crippen molar-refractivity contribution in [1.82, 2.24) is 0 Å². The van der Waals surface area contributed by atoms with Crippen LogP contribution in [0.4, 0.5) is 5.69 Å². The Morgan fingerprint density at radius 3 is 2.74 bits per heavy atom. The third kappa shape index (κ3) is 2.81. The van der Waals surface area contributed by atoms with Crippen LogP contribution in [-0.2, 0) is 14.6 Å². The Kier molecular flexibility index (Phi) is 3.40. The van der Waals surface area contributed by atoms with Gasteiger partial charge in [-0.15, -0.1) is 0 Å². The van der Waals surface area contributed by atoms with Gasteiger partial charge >= 0.3 is 0 Å². The summed E-state index contributed by atoms with van der Waals surface area (Å²) in [4.78, 5) is 11.6. The first-order valence-corrected chi connectivity index (χ1v) is 7.62. The van der Waals surface area contributed by atoms with E-state index in [9.17, 15) is 13.2 Å². The highest BCUT2D eigenvalue weighted by Gasteiger charge is 2.47. The molecule has 1 heterocycles. The lowest BCUT2D eigenvalue weighted by molar-refractivity contribution is -0.121. The number of nitrogens with one attached hydrogen (secondary N) is 1. The summed E-state index contributed by atoms with van der Waals surface area (Å²) in [5.74, 6) is -0.346. The van der Waals surface area contributed by atoms with E-state index in [-0.39, 0.29) is 17.9 Å². The highest BCUT2D eigenvalue weighted by molar-refractivity contribution is 7.91. The van der Waals surface area contributed by atoms with E-state index in [1.54, 1.807) is 24.3 Å². The second-order valence-electron chi connectivity index (χ2n) is 4.65. The summed E-state index contributed by atoms with van der Waals surface area (Å²) >= 11 is 0. The number of carbonyl (C=O) groups is 1. The summed E-state index contributed by atoms with van der Waals surface area (Å²) < 4.78 is 28.3. The first-order chi connectivity index (χ1) is 8.87. The molecular weight excluding hydrogens is 268 g/mol. The van der Waals surface area contributed by atoms with Crippen molar-refractivity contribution in [3.63, 3.8) is 0 Å². The minimum Gasteiger partial charge on any atom is -0.497 e. The molecule has 0 bridgehead atoms. The van der Waals surface area contributed by atoms with Crippen LogP contribution in [0.2, 0.25) is 0 Å². The Bertz CT molecular complexity index is 600. The molecule has 0 saturated carbocycles. The van der Waals surface area contributed by atoms with Gasteiger partial charge in [0.25, 0.3) is 0 Å². The molecule has 0 aliphatic carbocycles. The van der Waals surface area contributed by atoms with E-state index in [1.165, 1.54) is 7.11 Å². The van der Waals surface area contributed by atoms with Crippen molar-refractivity contribution in [2.24, 2.45) is 5.73 Å². The lowest BCUT2D eigenvalue weighted by Crippen LogP contribution is -2.51. The van der Waals surface area contributed by atoms with Gasteiger partial charge in [-0.3, -0.25) is 4.79 Å². The molecule has 1 amide bonds. The molecule has 19 heavy (non-hydrogen) atoms. The first-order valence-electron chi connectivity index (χ1n) is 5.79. The van der Waals surface area contributed by atoms with Gasteiger partial charge in [-0.05, 0) is 18.6 Å². The van der Waals surface area contributed by atoms with E-state index in [0.717, 1.165) is 0 Å². The number of rotatable bonds is 4. The zero-order chi connectivity index (χ0) is 14.1. The van der Waals surface area contributed by atoms with Crippen LogP contribution in [0.3, 0.4) is 0 Å². The van der Waals surface area contributed by atoms with E-state index in [2.05, 4.69) is 5.32 Å². The van der Waals surface area contributed by atoms with Gasteiger partial charge in [-0.1, -0.05) is 6.07 Å². The van der Waals surface area contributed by atoms with Crippen molar-refractivity contribution in [1.29, 1.82) is 0 Å². The lowest BCUT2D eigenvalue weighted by Gasteiger charge is -2.26. The first kappa shape index (κ1) is 13.7. The predicted octanol–water partition coefficient (Wildman–Crippen LogP) is 0.150. The van der Waals surface area contributed by atoms with Gasteiger partial charge in [0.05, 0.1) is 18.6 Å². The zero-order valence-electron chi connectivity index (χ0n) is 10.5. The molecule has 1 atom stereocenters. The van der Waals surface area contributed by atoms with Gasteiger partial charge < -0.3 is 15.8 Å². The topological polar surface area (TPSA) is 98.5 Å². The number of hydrogen-bond acceptors (Lipinski definition) is 5. The molecule has 1 aromatic rings. The third-order valence-electron chi connectivity index (χ3n) is 3.23. The maximum atomic E-state index is 11.6. The fourth-order valence-corrected chi connectivity index (χ4v) is 4.09. The Hall–Kier alpha value is -1.76. The fraction of sp³-hybridized carbons (Fsp3) is 0.417. The molecule has 1 aromatic carbocycles. The number of carbonyl (C=O) groups excluding carboxylic acids is 1. The molecule has 7 heteroatoms. The van der Waals surface area contributed by atoms with Crippen LogP contribution in [-0.4, -0.2) is 38.5 Å². The molecular formula is C12H16N2O4S. The zero-order valence-corrected chi connectivity index (χ0v) is 11.4. The number of sulfone groups is 1. The third-order valence-corrected chi connectivity index (χ3v) is 4.99. The van der Waals surface area contributed by atoms with Crippen LogP contribution in [0.15, 0.2) is 24.3 Å². The monoisotopic (exact) mass is 284 g/mol. The minimum absolute atomic E-state index is 0.0348. The van der Waals surface area contributed by atoms with Crippen LogP contribution < -0.4 is 15.8 Å². The van der Waals surface area contributed by atoms with Crippen molar-refractivity contribution in [3.05, 3.63) is 24.3 Å². The fourth-order valence-electron chi connectivity index (χ4n) is 2.18. The van der Waals surface area contributed by atoms with Gasteiger partial charge in [0, 0.05) is 11.8 Å². The largest absolute Gasteiger partial charge is 0.497 e. The van der Waals surface area contributed by atoms with Crippen LogP contribution in [0.5, 0.6) is 5.75 Å². The average molecular weight is 284 g/mol. The van der Waals surface area contributed by atoms with Gasteiger partial charge in [0.2, 0.25) is 5.91 Å². The molecule has 6 nitrogen and oxygen atoms in total. The van der Waals surface area contributed by atoms with E-state index in [4.69, 9.17) is 10.5 Å². The van der Waals surface area contributed by atoms with Crippen LogP contribution in [0, 0.1) is 0 Å². The van der Waals surface area contributed by atoms with Crippen molar-refractivity contribution >= 4 is 21.4 Å². The van der Waals surface area contributed by atoms with Crippen molar-refractivity contribution < 1.29 is 17.9 Å². The molecule has 1 aliphatic rings. The quantitative estimate of drug-likeness (QED) is 0.820. The molecule has 1 aliphatic heterocycles. The summed E-state index contributed by atoms with van der Waals surface area (Å²) in [6.45, 7) is 0. The molecule has 1 fully saturated rings. The van der Waals surface area contributed by atoms with E-state index in [0.29, 0.717) is 11.4 Å². The van der Waals surface area contributed by atoms with Crippen molar-refractivity contribution in [2.45, 2.75) is 12.0 Å². The summed E-state index contributed by atoms with van der Waals surface area (Å²) in [6.07, 6.45) is 0.182. The van der Waals surface area contributed by atoms with Crippen LogP contribution in [0.25, 0.3) is 0 Å². The molecule has 0 radical (unpaired) electrons. The van der Waals surface area contributed by atoms with Crippen LogP contribution >= 0.6 is 0 Å². The van der Waals surface area contributed by atoms with Crippen molar-refractivity contribution in [2.75, 3.05) is 23.9 Å². The molecule has 1 unspecified atom stereocenters. The van der Waals surface area contributed by atoms with Crippen LogP contribution in [0.1, 0.15) is 6.42 Å². The molecule has 104 valence electrons.